The van der Waals surface area contributed by atoms with E-state index in [-0.39, 0.29) is 19.0 Å². The van der Waals surface area contributed by atoms with Crippen molar-refractivity contribution < 1.29 is 37.6 Å². The summed E-state index contributed by atoms with van der Waals surface area (Å²) < 4.78 is 31.8. The van der Waals surface area contributed by atoms with Crippen LogP contribution in [0.15, 0.2) is 24.3 Å². The van der Waals surface area contributed by atoms with Crippen LogP contribution in [-0.4, -0.2) is 43.3 Å². The van der Waals surface area contributed by atoms with Crippen LogP contribution < -0.4 is 0 Å². The third-order valence-electron chi connectivity index (χ3n) is 8.20. The van der Waals surface area contributed by atoms with E-state index in [1.165, 1.54) is 103 Å². The summed E-state index contributed by atoms with van der Waals surface area (Å²) in [5, 5.41) is 0. The zero-order valence-corrected chi connectivity index (χ0v) is 31.3. The molecule has 2 unspecified atom stereocenters. The second kappa shape index (κ2) is 34.4. The van der Waals surface area contributed by atoms with Crippen molar-refractivity contribution in [1.82, 2.24) is 0 Å². The standard InChI is InChI=1S/C38H71O8P/c1-4-6-8-10-12-14-15-16-17-18-19-20-21-22-23-25-27-29-31-33-38(40)46-36(35-45-47(41,42)43-3)34-44-37(39)32-30-28-26-24-13-11-9-7-5-2/h12,14,16-17,36H,4-11,13,15,18-35H2,1-3H3,(H,41,42)/b14-12-,17-16-. The van der Waals surface area contributed by atoms with Gasteiger partial charge in [-0.15, -0.1) is 0 Å². The number of hydrogen-bond acceptors (Lipinski definition) is 7. The molecule has 0 aliphatic rings. The van der Waals surface area contributed by atoms with E-state index in [0.29, 0.717) is 12.8 Å². The summed E-state index contributed by atoms with van der Waals surface area (Å²) in [6.07, 6.45) is 36.6. The van der Waals surface area contributed by atoms with Crippen LogP contribution in [-0.2, 0) is 32.7 Å². The van der Waals surface area contributed by atoms with Crippen LogP contribution in [0.25, 0.3) is 0 Å². The van der Waals surface area contributed by atoms with E-state index < -0.39 is 26.5 Å². The smallest absolute Gasteiger partial charge is 0.462 e. The first-order valence-corrected chi connectivity index (χ1v) is 20.5. The molecule has 0 aromatic carbocycles. The largest absolute Gasteiger partial charge is 0.472 e. The number of hydrogen-bond donors (Lipinski definition) is 1. The van der Waals surface area contributed by atoms with Gasteiger partial charge in [-0.05, 0) is 44.9 Å². The van der Waals surface area contributed by atoms with Gasteiger partial charge in [-0.3, -0.25) is 18.6 Å². The second-order valence-electron chi connectivity index (χ2n) is 12.7. The van der Waals surface area contributed by atoms with Gasteiger partial charge in [0.15, 0.2) is 6.10 Å². The summed E-state index contributed by atoms with van der Waals surface area (Å²) in [4.78, 5) is 34.2. The number of ether oxygens (including phenoxy) is 2. The summed E-state index contributed by atoms with van der Waals surface area (Å²) in [7, 11) is -3.19. The highest BCUT2D eigenvalue weighted by Gasteiger charge is 2.24. The molecule has 0 aromatic rings. The monoisotopic (exact) mass is 686 g/mol. The Morgan fingerprint density at radius 2 is 1.02 bits per heavy atom. The number of carbonyl (C=O) groups excluding carboxylic acids is 2. The van der Waals surface area contributed by atoms with Crippen molar-refractivity contribution in [2.24, 2.45) is 0 Å². The molecule has 276 valence electrons. The van der Waals surface area contributed by atoms with Crippen molar-refractivity contribution in [2.75, 3.05) is 20.3 Å². The highest BCUT2D eigenvalue weighted by atomic mass is 31.2. The zero-order chi connectivity index (χ0) is 34.7. The topological polar surface area (TPSA) is 108 Å². The Hall–Kier alpha value is -1.47. The number of phosphoric ester groups is 1. The van der Waals surface area contributed by atoms with Crippen LogP contribution in [0.5, 0.6) is 0 Å². The molecule has 0 bridgehead atoms. The van der Waals surface area contributed by atoms with Gasteiger partial charge in [0.05, 0.1) is 6.61 Å². The summed E-state index contributed by atoms with van der Waals surface area (Å²) in [6, 6.07) is 0. The van der Waals surface area contributed by atoms with E-state index in [9.17, 15) is 19.0 Å². The zero-order valence-electron chi connectivity index (χ0n) is 30.4. The molecule has 0 radical (unpaired) electrons. The molecule has 0 rings (SSSR count). The summed E-state index contributed by atoms with van der Waals surface area (Å²) in [5.41, 5.74) is 0. The highest BCUT2D eigenvalue weighted by molar-refractivity contribution is 7.47. The Kier molecular flexibility index (Phi) is 33.3. The summed E-state index contributed by atoms with van der Waals surface area (Å²) in [5.74, 6) is -0.808. The molecule has 9 heteroatoms. The Bertz CT molecular complexity index is 829. The lowest BCUT2D eigenvalue weighted by Crippen LogP contribution is -2.29. The number of phosphoric acid groups is 1. The van der Waals surface area contributed by atoms with E-state index in [2.05, 4.69) is 42.7 Å². The van der Waals surface area contributed by atoms with E-state index in [0.717, 1.165) is 52.1 Å². The molecule has 0 saturated carbocycles. The molecule has 0 aliphatic heterocycles. The number of esters is 2. The molecule has 0 fully saturated rings. The van der Waals surface area contributed by atoms with Crippen molar-refractivity contribution in [3.8, 4) is 0 Å². The van der Waals surface area contributed by atoms with Gasteiger partial charge in [0.25, 0.3) is 0 Å². The minimum absolute atomic E-state index is 0.224. The van der Waals surface area contributed by atoms with Gasteiger partial charge in [-0.25, -0.2) is 4.57 Å². The third kappa shape index (κ3) is 34.2. The predicted octanol–water partition coefficient (Wildman–Crippen LogP) is 11.5. The molecular weight excluding hydrogens is 615 g/mol. The van der Waals surface area contributed by atoms with Gasteiger partial charge in [0.1, 0.15) is 6.61 Å². The van der Waals surface area contributed by atoms with Gasteiger partial charge in [0, 0.05) is 20.0 Å². The Morgan fingerprint density at radius 1 is 0.596 bits per heavy atom. The maximum absolute atomic E-state index is 12.4. The molecule has 0 aromatic heterocycles. The number of rotatable bonds is 35. The van der Waals surface area contributed by atoms with Crippen molar-refractivity contribution >= 4 is 19.8 Å². The normalized spacial score (nSPS) is 13.7. The molecule has 0 heterocycles. The maximum Gasteiger partial charge on any atom is 0.472 e. The lowest BCUT2D eigenvalue weighted by atomic mass is 10.1. The second-order valence-corrected chi connectivity index (χ2v) is 14.3. The molecule has 2 atom stereocenters. The lowest BCUT2D eigenvalue weighted by molar-refractivity contribution is -0.161. The van der Waals surface area contributed by atoms with Crippen molar-refractivity contribution in [2.45, 2.75) is 187 Å². The van der Waals surface area contributed by atoms with Crippen LogP contribution in [0.2, 0.25) is 0 Å². The van der Waals surface area contributed by atoms with E-state index >= 15 is 0 Å². The average Bonchev–Trinajstić information content (AvgIpc) is 3.06. The van der Waals surface area contributed by atoms with Crippen molar-refractivity contribution in [3.63, 3.8) is 0 Å². The first kappa shape index (κ1) is 45.5. The number of carbonyl (C=O) groups is 2. The minimum atomic E-state index is -4.25. The van der Waals surface area contributed by atoms with Gasteiger partial charge in [-0.2, -0.15) is 0 Å². The Labute approximate surface area is 288 Å². The molecule has 0 spiro atoms. The summed E-state index contributed by atoms with van der Waals surface area (Å²) >= 11 is 0. The molecule has 0 saturated heterocycles. The van der Waals surface area contributed by atoms with Gasteiger partial charge < -0.3 is 14.4 Å². The Balaban J connectivity index is 4.00. The van der Waals surface area contributed by atoms with Crippen LogP contribution in [0.3, 0.4) is 0 Å². The number of allylic oxidation sites excluding steroid dienone is 4. The Morgan fingerprint density at radius 3 is 1.53 bits per heavy atom. The minimum Gasteiger partial charge on any atom is -0.462 e. The van der Waals surface area contributed by atoms with Gasteiger partial charge in [0.2, 0.25) is 0 Å². The quantitative estimate of drug-likeness (QED) is 0.0304. The van der Waals surface area contributed by atoms with E-state index in [1.54, 1.807) is 0 Å². The molecule has 0 amide bonds. The fourth-order valence-electron chi connectivity index (χ4n) is 5.22. The van der Waals surface area contributed by atoms with Gasteiger partial charge in [-0.1, -0.05) is 147 Å². The predicted molar refractivity (Wildman–Crippen MR) is 193 cm³/mol. The average molecular weight is 687 g/mol. The van der Waals surface area contributed by atoms with Crippen molar-refractivity contribution in [1.29, 1.82) is 0 Å². The molecule has 47 heavy (non-hydrogen) atoms. The van der Waals surface area contributed by atoms with E-state index in [1.807, 2.05) is 0 Å². The van der Waals surface area contributed by atoms with Crippen molar-refractivity contribution in [3.05, 3.63) is 24.3 Å². The number of unbranched alkanes of at least 4 members (excludes halogenated alkanes) is 20. The summed E-state index contributed by atoms with van der Waals surface area (Å²) in [6.45, 7) is 3.83. The fraction of sp³-hybridized carbons (Fsp3) is 0.842. The molecule has 8 nitrogen and oxygen atoms in total. The molecule has 1 N–H and O–H groups in total. The molecule has 0 aliphatic carbocycles. The lowest BCUT2D eigenvalue weighted by Gasteiger charge is -2.19. The van der Waals surface area contributed by atoms with Gasteiger partial charge >= 0.3 is 19.8 Å². The SMILES string of the molecule is CCCCC/C=C\C/C=C\CCCCCCCCCCCC(=O)OC(COC(=O)CCCCCCCCCCC)COP(=O)(O)OC. The molecular formula is C38H71O8P. The third-order valence-corrected chi connectivity index (χ3v) is 9.14. The highest BCUT2D eigenvalue weighted by Crippen LogP contribution is 2.42. The first-order chi connectivity index (χ1) is 22.8. The first-order valence-electron chi connectivity index (χ1n) is 19.0. The van der Waals surface area contributed by atoms with Crippen LogP contribution in [0, 0.1) is 0 Å². The van der Waals surface area contributed by atoms with E-state index in [4.69, 9.17) is 14.0 Å². The fourth-order valence-corrected chi connectivity index (χ4v) is 5.68. The van der Waals surface area contributed by atoms with Crippen LogP contribution in [0.1, 0.15) is 181 Å². The maximum atomic E-state index is 12.4. The van der Waals surface area contributed by atoms with Crippen LogP contribution >= 0.6 is 7.82 Å². The van der Waals surface area contributed by atoms with Crippen LogP contribution in [0.4, 0.5) is 0 Å².